The van der Waals surface area contributed by atoms with Gasteiger partial charge in [0.1, 0.15) is 11.3 Å². The smallest absolute Gasteiger partial charge is 0.252 e. The first kappa shape index (κ1) is 25.4. The molecule has 0 aromatic heterocycles. The second-order valence-corrected chi connectivity index (χ2v) is 8.79. The van der Waals surface area contributed by atoms with Crippen molar-refractivity contribution in [3.05, 3.63) is 42.0 Å². The van der Waals surface area contributed by atoms with Crippen molar-refractivity contribution in [3.8, 4) is 0 Å². The number of hydrogen-bond acceptors (Lipinski definition) is 5. The molecule has 0 bridgehead atoms. The van der Waals surface area contributed by atoms with Crippen LogP contribution in [0.1, 0.15) is 44.1 Å². The molecule has 4 amide bonds. The molecular formula is C24H30ClN5O4. The second-order valence-electron chi connectivity index (χ2n) is 8.52. The Bertz CT molecular complexity index is 954. The molecule has 182 valence electrons. The van der Waals surface area contributed by atoms with Crippen LogP contribution in [-0.2, 0) is 25.1 Å². The molecule has 0 radical (unpaired) electrons. The van der Waals surface area contributed by atoms with Crippen molar-refractivity contribution in [2.24, 2.45) is 5.41 Å². The molecule has 0 saturated heterocycles. The van der Waals surface area contributed by atoms with Crippen molar-refractivity contribution < 1.29 is 19.2 Å². The number of carbonyl (C=O) groups is 4. The quantitative estimate of drug-likeness (QED) is 0.204. The van der Waals surface area contributed by atoms with Gasteiger partial charge in [0.25, 0.3) is 5.91 Å². The van der Waals surface area contributed by atoms with E-state index in [1.54, 1.807) is 12.1 Å². The van der Waals surface area contributed by atoms with E-state index in [0.717, 1.165) is 24.8 Å². The van der Waals surface area contributed by atoms with Crippen molar-refractivity contribution in [1.29, 1.82) is 5.41 Å². The van der Waals surface area contributed by atoms with E-state index in [0.29, 0.717) is 43.9 Å². The molecule has 0 spiro atoms. The van der Waals surface area contributed by atoms with Crippen molar-refractivity contribution in [3.63, 3.8) is 0 Å². The Morgan fingerprint density at radius 2 is 1.71 bits per heavy atom. The molecule has 1 aromatic rings. The van der Waals surface area contributed by atoms with Gasteiger partial charge >= 0.3 is 0 Å². The predicted molar refractivity (Wildman–Crippen MR) is 129 cm³/mol. The summed E-state index contributed by atoms with van der Waals surface area (Å²) >= 11 is 5.76. The molecule has 1 saturated carbocycles. The lowest BCUT2D eigenvalue weighted by Crippen LogP contribution is -2.56. The van der Waals surface area contributed by atoms with E-state index in [2.05, 4.69) is 16.0 Å². The Morgan fingerprint density at radius 3 is 2.29 bits per heavy atom. The molecular weight excluding hydrogens is 458 g/mol. The number of alkyl halides is 1. The van der Waals surface area contributed by atoms with Crippen LogP contribution in [0.15, 0.2) is 36.4 Å². The van der Waals surface area contributed by atoms with Crippen LogP contribution in [0.3, 0.4) is 0 Å². The van der Waals surface area contributed by atoms with Gasteiger partial charge in [0.15, 0.2) is 0 Å². The molecule has 1 aliphatic heterocycles. The minimum absolute atomic E-state index is 0.172. The van der Waals surface area contributed by atoms with E-state index in [1.165, 1.54) is 17.1 Å². The highest BCUT2D eigenvalue weighted by atomic mass is 35.5. The zero-order valence-corrected chi connectivity index (χ0v) is 19.7. The Balaban J connectivity index is 1.36. The average molecular weight is 488 g/mol. The highest BCUT2D eigenvalue weighted by molar-refractivity contribution is 6.17. The first-order valence-electron chi connectivity index (χ1n) is 11.5. The number of nitrogens with zero attached hydrogens (tertiary/aromatic N) is 1. The van der Waals surface area contributed by atoms with Gasteiger partial charge in [-0.25, -0.2) is 0 Å². The van der Waals surface area contributed by atoms with E-state index in [-0.39, 0.29) is 30.1 Å². The van der Waals surface area contributed by atoms with Crippen molar-refractivity contribution in [1.82, 2.24) is 15.5 Å². The molecule has 9 nitrogen and oxygen atoms in total. The fraction of sp³-hybridized carbons (Fsp3) is 0.458. The van der Waals surface area contributed by atoms with Crippen LogP contribution in [0.25, 0.3) is 0 Å². The number of benzene rings is 1. The summed E-state index contributed by atoms with van der Waals surface area (Å²) in [6.45, 7) is 0.685. The Hall–Kier alpha value is -3.20. The standard InChI is InChI=1S/C24H30ClN5O4/c25-15-17-5-7-18(8-6-17)29-20(31)16-28-23(34)24(11-4-12-24)22(33)27-13-2-1-3-14-30-19(26)9-10-21(30)32/h5-10,26H,1-4,11-16H2,(H,27,33)(H,28,34)(H,29,31). The highest BCUT2D eigenvalue weighted by Gasteiger charge is 2.50. The summed E-state index contributed by atoms with van der Waals surface area (Å²) in [5.41, 5.74) is 0.419. The number of anilines is 1. The van der Waals surface area contributed by atoms with Crippen molar-refractivity contribution >= 4 is 46.8 Å². The second kappa shape index (κ2) is 11.8. The van der Waals surface area contributed by atoms with Crippen molar-refractivity contribution in [2.75, 3.05) is 25.0 Å². The van der Waals surface area contributed by atoms with Crippen LogP contribution in [0.2, 0.25) is 0 Å². The topological polar surface area (TPSA) is 131 Å². The molecule has 1 fully saturated rings. The summed E-state index contributed by atoms with van der Waals surface area (Å²) in [6, 6.07) is 7.09. The summed E-state index contributed by atoms with van der Waals surface area (Å²) < 4.78 is 0. The molecule has 1 aliphatic carbocycles. The maximum atomic E-state index is 12.7. The van der Waals surface area contributed by atoms with Crippen LogP contribution in [0.4, 0.5) is 5.69 Å². The molecule has 1 heterocycles. The van der Waals surface area contributed by atoms with E-state index < -0.39 is 11.3 Å². The zero-order chi connectivity index (χ0) is 24.6. The molecule has 0 atom stereocenters. The van der Waals surface area contributed by atoms with Gasteiger partial charge in [-0.1, -0.05) is 18.6 Å². The van der Waals surface area contributed by atoms with Gasteiger partial charge in [0.2, 0.25) is 17.7 Å². The minimum atomic E-state index is -1.12. The Labute approximate surface area is 203 Å². The van der Waals surface area contributed by atoms with E-state index >= 15 is 0 Å². The lowest BCUT2D eigenvalue weighted by atomic mass is 9.67. The van der Waals surface area contributed by atoms with E-state index in [1.807, 2.05) is 12.1 Å². The van der Waals surface area contributed by atoms with Crippen LogP contribution in [0, 0.1) is 10.8 Å². The van der Waals surface area contributed by atoms with Gasteiger partial charge in [-0.05, 0) is 55.9 Å². The van der Waals surface area contributed by atoms with Gasteiger partial charge < -0.3 is 16.0 Å². The fourth-order valence-corrected chi connectivity index (χ4v) is 4.10. The number of unbranched alkanes of at least 4 members (excludes halogenated alkanes) is 2. The van der Waals surface area contributed by atoms with Gasteiger partial charge in [0.05, 0.1) is 6.54 Å². The minimum Gasteiger partial charge on any atom is -0.355 e. The number of amidine groups is 1. The lowest BCUT2D eigenvalue weighted by molar-refractivity contribution is -0.150. The predicted octanol–water partition coefficient (Wildman–Crippen LogP) is 2.31. The summed E-state index contributed by atoms with van der Waals surface area (Å²) in [4.78, 5) is 50.7. The number of carbonyl (C=O) groups excluding carboxylic acids is 4. The summed E-state index contributed by atoms with van der Waals surface area (Å²) in [7, 11) is 0. The maximum absolute atomic E-state index is 12.7. The van der Waals surface area contributed by atoms with Gasteiger partial charge in [0, 0.05) is 30.7 Å². The van der Waals surface area contributed by atoms with Gasteiger partial charge in [-0.3, -0.25) is 29.5 Å². The fourth-order valence-electron chi connectivity index (χ4n) is 3.92. The molecule has 4 N–H and O–H groups in total. The molecule has 34 heavy (non-hydrogen) atoms. The van der Waals surface area contributed by atoms with Crippen LogP contribution < -0.4 is 16.0 Å². The van der Waals surface area contributed by atoms with Crippen LogP contribution in [0.5, 0.6) is 0 Å². The van der Waals surface area contributed by atoms with E-state index in [9.17, 15) is 19.2 Å². The normalized spacial score (nSPS) is 16.2. The number of rotatable bonds is 12. The maximum Gasteiger partial charge on any atom is 0.252 e. The number of hydrogen-bond donors (Lipinski definition) is 4. The first-order valence-corrected chi connectivity index (χ1v) is 12.0. The zero-order valence-electron chi connectivity index (χ0n) is 19.0. The molecule has 3 rings (SSSR count). The number of amides is 4. The third kappa shape index (κ3) is 6.22. The number of nitrogens with one attached hydrogen (secondary N) is 4. The molecule has 10 heteroatoms. The molecule has 0 unspecified atom stereocenters. The summed E-state index contributed by atoms with van der Waals surface area (Å²) in [5.74, 6) is -0.696. The summed E-state index contributed by atoms with van der Waals surface area (Å²) in [6.07, 6.45) is 6.77. The molecule has 2 aliphatic rings. The Kier molecular flexibility index (Phi) is 8.81. The first-order chi connectivity index (χ1) is 16.4. The summed E-state index contributed by atoms with van der Waals surface area (Å²) in [5, 5.41) is 15.8. The Morgan fingerprint density at radius 1 is 1.00 bits per heavy atom. The van der Waals surface area contributed by atoms with Crippen LogP contribution in [-0.4, -0.2) is 54.0 Å². The number of halogens is 1. The third-order valence-corrected chi connectivity index (χ3v) is 6.47. The van der Waals surface area contributed by atoms with Gasteiger partial charge in [-0.2, -0.15) is 0 Å². The van der Waals surface area contributed by atoms with E-state index in [4.69, 9.17) is 17.0 Å². The average Bonchev–Trinajstić information content (AvgIpc) is 3.11. The lowest BCUT2D eigenvalue weighted by Gasteiger charge is -2.38. The van der Waals surface area contributed by atoms with Crippen LogP contribution >= 0.6 is 11.6 Å². The SMILES string of the molecule is N=C1C=CC(=O)N1CCCCCNC(=O)C1(C(=O)NCC(=O)Nc2ccc(CCl)cc2)CCC1. The van der Waals surface area contributed by atoms with Crippen molar-refractivity contribution in [2.45, 2.75) is 44.4 Å². The highest BCUT2D eigenvalue weighted by Crippen LogP contribution is 2.41. The third-order valence-electron chi connectivity index (χ3n) is 6.16. The largest absolute Gasteiger partial charge is 0.355 e. The van der Waals surface area contributed by atoms with Gasteiger partial charge in [-0.15, -0.1) is 11.6 Å². The molecule has 1 aromatic carbocycles. The monoisotopic (exact) mass is 487 g/mol.